The Morgan fingerprint density at radius 3 is 2.35 bits per heavy atom. The van der Waals surface area contributed by atoms with E-state index in [9.17, 15) is 40.3 Å². The van der Waals surface area contributed by atoms with E-state index in [4.69, 9.17) is 21.3 Å². The van der Waals surface area contributed by atoms with Gasteiger partial charge in [0.05, 0.1) is 39.9 Å². The lowest BCUT2D eigenvalue weighted by Gasteiger charge is -2.35. The molecule has 5 atom stereocenters. The summed E-state index contributed by atoms with van der Waals surface area (Å²) in [4.78, 5) is 19.0. The zero-order chi connectivity index (χ0) is 44.8. The minimum Gasteiger partial charge on any atom is -0.377 e. The van der Waals surface area contributed by atoms with Gasteiger partial charge in [0, 0.05) is 72.5 Å². The molecule has 5 aromatic rings. The summed E-state index contributed by atoms with van der Waals surface area (Å²) < 4.78 is 135. The number of carbonyl (C=O) groups is 1. The first-order valence-corrected chi connectivity index (χ1v) is 22.1. The summed E-state index contributed by atoms with van der Waals surface area (Å²) >= 11 is 6.66. The van der Waals surface area contributed by atoms with Gasteiger partial charge in [0.25, 0.3) is 5.92 Å². The number of hydrogen-bond donors (Lipinski definition) is 1. The van der Waals surface area contributed by atoms with E-state index in [0.29, 0.717) is 32.8 Å². The number of halogens is 8. The second-order valence-electron chi connectivity index (χ2n) is 16.8. The van der Waals surface area contributed by atoms with Crippen LogP contribution in [0.2, 0.25) is 5.02 Å². The van der Waals surface area contributed by atoms with Gasteiger partial charge in [-0.05, 0) is 74.4 Å². The van der Waals surface area contributed by atoms with Gasteiger partial charge in [0.15, 0.2) is 21.3 Å². The Balaban J connectivity index is 1.28. The average Bonchev–Trinajstić information content (AvgIpc) is 3.67. The Morgan fingerprint density at radius 2 is 1.71 bits per heavy atom. The van der Waals surface area contributed by atoms with Gasteiger partial charge in [-0.15, -0.1) is 0 Å². The van der Waals surface area contributed by atoms with E-state index in [1.807, 2.05) is 0 Å². The number of hydrogen-bond acceptors (Lipinski definition) is 8. The monoisotopic (exact) mass is 905 g/mol. The third-order valence-corrected chi connectivity index (χ3v) is 12.7. The third kappa shape index (κ3) is 8.48. The topological polar surface area (TPSA) is 129 Å². The number of benzene rings is 2. The van der Waals surface area contributed by atoms with Gasteiger partial charge >= 0.3 is 6.18 Å². The maximum absolute atomic E-state index is 15.5. The zero-order valence-corrected chi connectivity index (χ0v) is 35.2. The predicted molar refractivity (Wildman–Crippen MR) is 213 cm³/mol. The first kappa shape index (κ1) is 43.8. The summed E-state index contributed by atoms with van der Waals surface area (Å²) in [5, 5.41) is 19.8. The summed E-state index contributed by atoms with van der Waals surface area (Å²) in [6, 6.07) is 8.98. The molecule has 0 amide bonds. The average molecular weight is 906 g/mol. The smallest absolute Gasteiger partial charge is 0.377 e. The van der Waals surface area contributed by atoms with Crippen LogP contribution in [0.5, 0.6) is 0 Å². The number of sulfone groups is 1. The molecule has 2 aliphatic carbocycles. The fourth-order valence-electron chi connectivity index (χ4n) is 9.30. The molecule has 62 heavy (non-hydrogen) atoms. The van der Waals surface area contributed by atoms with Gasteiger partial charge < -0.3 is 9.84 Å². The molecular formula is C43H39ClF7N5O5S. The standard InChI is InChI=1S/C43H39ClF7N5O5S/c1-21-17-41(58,18-22(2)61-21)10-9-27-5-6-29(30-7-8-33(44)36-34(20-62(4,59)60)53-55(3)38(30)36)37(52-27)24(11-23-12-25(45)15-26(46)13-23)14-28(57)19-56-40-35(39(54-56)43(49,50)51)31-16-32(31)42(40,47)48/h5-8,12-13,15,21-22,24,31-32,58H,11,14,16-20H2,1-4H3/t21?,22?,24-,31+,32-,41?/m1/s1. The fraction of sp³-hybridized carbons (Fsp3) is 0.442. The molecule has 1 saturated carbocycles. The van der Waals surface area contributed by atoms with Crippen molar-refractivity contribution < 1.29 is 53.8 Å². The van der Waals surface area contributed by atoms with Crippen molar-refractivity contribution in [2.45, 2.75) is 100.0 Å². The number of aryl methyl sites for hydroxylation is 1. The number of alkyl halides is 5. The van der Waals surface area contributed by atoms with Crippen molar-refractivity contribution in [2.24, 2.45) is 13.0 Å². The molecule has 0 bridgehead atoms. The van der Waals surface area contributed by atoms with E-state index in [0.717, 1.165) is 18.4 Å². The van der Waals surface area contributed by atoms with E-state index in [2.05, 4.69) is 22.0 Å². The van der Waals surface area contributed by atoms with Crippen LogP contribution in [0.4, 0.5) is 30.7 Å². The van der Waals surface area contributed by atoms with Crippen molar-refractivity contribution in [1.82, 2.24) is 24.5 Å². The molecule has 1 aliphatic heterocycles. The summed E-state index contributed by atoms with van der Waals surface area (Å²) in [5.74, 6) is -4.57. The van der Waals surface area contributed by atoms with Crippen molar-refractivity contribution >= 4 is 38.1 Å². The maximum atomic E-state index is 15.5. The second-order valence-corrected chi connectivity index (χ2v) is 19.3. The van der Waals surface area contributed by atoms with Gasteiger partial charge in [-0.1, -0.05) is 23.6 Å². The number of ketones is 1. The first-order valence-electron chi connectivity index (χ1n) is 19.7. The highest BCUT2D eigenvalue weighted by Crippen LogP contribution is 2.68. The van der Waals surface area contributed by atoms with E-state index in [1.54, 1.807) is 33.0 Å². The van der Waals surface area contributed by atoms with Gasteiger partial charge in [-0.25, -0.2) is 22.2 Å². The Kier molecular flexibility index (Phi) is 10.9. The van der Waals surface area contributed by atoms with Crippen molar-refractivity contribution in [3.8, 4) is 23.0 Å². The number of pyridine rings is 1. The Morgan fingerprint density at radius 1 is 1.05 bits per heavy atom. The normalized spacial score (nSPS) is 23.4. The lowest BCUT2D eigenvalue weighted by molar-refractivity contribution is -0.142. The van der Waals surface area contributed by atoms with Crippen LogP contribution < -0.4 is 0 Å². The maximum Gasteiger partial charge on any atom is 0.435 e. The number of ether oxygens (including phenoxy) is 1. The van der Waals surface area contributed by atoms with Crippen molar-refractivity contribution in [1.29, 1.82) is 0 Å². The van der Waals surface area contributed by atoms with Gasteiger partial charge in [-0.2, -0.15) is 32.1 Å². The minimum atomic E-state index is -5.07. The Labute approximate surface area is 356 Å². The van der Waals surface area contributed by atoms with Crippen LogP contribution in [0, 0.1) is 29.4 Å². The lowest BCUT2D eigenvalue weighted by Crippen LogP contribution is -2.42. The van der Waals surface area contributed by atoms with Crippen LogP contribution in [-0.2, 0) is 57.2 Å². The summed E-state index contributed by atoms with van der Waals surface area (Å²) in [7, 11) is -2.05. The molecule has 10 nitrogen and oxygen atoms in total. The summed E-state index contributed by atoms with van der Waals surface area (Å²) in [6.07, 6.45) is -5.33. The molecule has 1 N–H and O–H groups in total. The molecule has 2 unspecified atom stereocenters. The van der Waals surface area contributed by atoms with Crippen LogP contribution in [0.3, 0.4) is 0 Å². The van der Waals surface area contributed by atoms with Crippen LogP contribution in [0.15, 0.2) is 42.5 Å². The molecule has 328 valence electrons. The number of Topliss-reactive ketones (excluding diaryl/α,β-unsaturated/α-hetero) is 1. The highest BCUT2D eigenvalue weighted by molar-refractivity contribution is 7.89. The quantitative estimate of drug-likeness (QED) is 0.110. The number of aliphatic hydroxyl groups is 1. The van der Waals surface area contributed by atoms with E-state index in [-0.39, 0.29) is 65.6 Å². The Hall–Kier alpha value is -4.83. The van der Waals surface area contributed by atoms with Gasteiger partial charge in [0.1, 0.15) is 35.2 Å². The molecule has 4 heterocycles. The SMILES string of the molecule is CC1CC(O)(C#Cc2ccc(-c3ccc(Cl)c4c(CS(C)(=O)=O)nn(C)c34)c([C@@H](CC(=O)Cn3nc(C(F)(F)F)c4c3C(F)(F)[C@@H]3C[C@H]43)Cc3cc(F)cc(F)c3)n2)CC(C)O1. The van der Waals surface area contributed by atoms with Gasteiger partial charge in [0.2, 0.25) is 0 Å². The number of aromatic nitrogens is 5. The van der Waals surface area contributed by atoms with Crippen LogP contribution in [0.25, 0.3) is 22.0 Å². The van der Waals surface area contributed by atoms with Crippen molar-refractivity contribution in [2.75, 3.05) is 6.26 Å². The molecule has 8 rings (SSSR count). The Bertz CT molecular complexity index is 2800. The second kappa shape index (κ2) is 15.5. The van der Waals surface area contributed by atoms with Crippen molar-refractivity contribution in [3.63, 3.8) is 0 Å². The van der Waals surface area contributed by atoms with Gasteiger partial charge in [-0.3, -0.25) is 14.2 Å². The van der Waals surface area contributed by atoms with Crippen LogP contribution >= 0.6 is 11.6 Å². The largest absolute Gasteiger partial charge is 0.435 e. The fourth-order valence-corrected chi connectivity index (χ4v) is 10.3. The molecule has 3 aliphatic rings. The summed E-state index contributed by atoms with van der Waals surface area (Å²) in [6.45, 7) is 2.61. The van der Waals surface area contributed by atoms with Crippen LogP contribution in [-0.4, -0.2) is 67.9 Å². The number of fused-ring (bicyclic) bond motifs is 4. The van der Waals surface area contributed by atoms with E-state index >= 15 is 8.78 Å². The number of rotatable bonds is 10. The molecular weight excluding hydrogens is 867 g/mol. The molecule has 2 aromatic carbocycles. The lowest BCUT2D eigenvalue weighted by atomic mass is 9.86. The molecule has 19 heteroatoms. The molecule has 2 fully saturated rings. The van der Waals surface area contributed by atoms with E-state index < -0.39 is 98.4 Å². The molecule has 0 spiro atoms. The summed E-state index contributed by atoms with van der Waals surface area (Å²) in [5.41, 5.74) is -3.08. The molecule has 3 aromatic heterocycles. The molecule has 1 saturated heterocycles. The van der Waals surface area contributed by atoms with Crippen LogP contribution in [0.1, 0.15) is 91.0 Å². The number of carbonyl (C=O) groups excluding carboxylic acids is 1. The minimum absolute atomic E-state index is 0.0622. The van der Waals surface area contributed by atoms with E-state index in [1.165, 1.54) is 16.8 Å². The molecule has 0 radical (unpaired) electrons. The highest BCUT2D eigenvalue weighted by Gasteiger charge is 2.68. The zero-order valence-electron chi connectivity index (χ0n) is 33.6. The number of nitrogens with zero attached hydrogens (tertiary/aromatic N) is 5. The highest BCUT2D eigenvalue weighted by atomic mass is 35.5. The van der Waals surface area contributed by atoms with Crippen molar-refractivity contribution in [3.05, 3.63) is 98.7 Å². The third-order valence-electron chi connectivity index (χ3n) is 11.6. The predicted octanol–water partition coefficient (Wildman–Crippen LogP) is 8.19. The first-order chi connectivity index (χ1) is 28.9.